The Morgan fingerprint density at radius 1 is 1.10 bits per heavy atom. The molecule has 2 atom stereocenters. The van der Waals surface area contributed by atoms with Crippen molar-refractivity contribution >= 4 is 10.9 Å². The first kappa shape index (κ1) is 18.6. The van der Waals surface area contributed by atoms with E-state index in [1.165, 1.54) is 23.0 Å². The molecular formula is C23H29N5O. The van der Waals surface area contributed by atoms with Crippen molar-refractivity contribution in [3.63, 3.8) is 0 Å². The Balaban J connectivity index is 1.41. The molecule has 6 heteroatoms. The number of para-hydroxylation sites is 1. The lowest BCUT2D eigenvalue weighted by Crippen LogP contribution is -2.47. The summed E-state index contributed by atoms with van der Waals surface area (Å²) in [5.41, 5.74) is 4.65. The molecule has 3 aromatic rings. The van der Waals surface area contributed by atoms with Crippen molar-refractivity contribution in [3.8, 4) is 0 Å². The van der Waals surface area contributed by atoms with Crippen LogP contribution in [0.4, 0.5) is 0 Å². The van der Waals surface area contributed by atoms with Gasteiger partial charge in [0.2, 0.25) is 0 Å². The van der Waals surface area contributed by atoms with E-state index in [1.54, 1.807) is 0 Å². The zero-order chi connectivity index (χ0) is 20.1. The second kappa shape index (κ2) is 7.11. The lowest BCUT2D eigenvalue weighted by atomic mass is 9.83. The number of likely N-dealkylation sites (tertiary alicyclic amines) is 1. The fraction of sp³-hybridized carbons (Fsp3) is 0.478. The molecular weight excluding hydrogens is 362 g/mol. The minimum Gasteiger partial charge on any atom is -0.312 e. The van der Waals surface area contributed by atoms with Crippen molar-refractivity contribution in [2.75, 3.05) is 27.2 Å². The van der Waals surface area contributed by atoms with Crippen LogP contribution in [0.2, 0.25) is 0 Å². The Morgan fingerprint density at radius 3 is 2.76 bits per heavy atom. The standard InChI is InChI=1S/C23H29N5O/c1-25(2)13-17-8-9-21-18-10-16(12-28(21)23(17)29)11-27(14-18)15-20-19-6-4-5-7-22(19)26(3)24-20/h4-9,16,18H,10-15H2,1-3H3/t16-,18+/m0/s1. The third-order valence-corrected chi connectivity index (χ3v) is 6.45. The number of pyridine rings is 1. The highest BCUT2D eigenvalue weighted by atomic mass is 16.1. The topological polar surface area (TPSA) is 46.3 Å². The van der Waals surface area contributed by atoms with Crippen molar-refractivity contribution in [1.82, 2.24) is 24.1 Å². The van der Waals surface area contributed by atoms with Gasteiger partial charge in [0, 0.05) is 62.3 Å². The van der Waals surface area contributed by atoms with Gasteiger partial charge in [-0.05, 0) is 38.6 Å². The van der Waals surface area contributed by atoms with Gasteiger partial charge in [-0.15, -0.1) is 0 Å². The van der Waals surface area contributed by atoms with Gasteiger partial charge in [0.15, 0.2) is 0 Å². The number of rotatable bonds is 4. The minimum atomic E-state index is 0.204. The van der Waals surface area contributed by atoms with E-state index in [-0.39, 0.29) is 5.56 Å². The Hall–Kier alpha value is -2.44. The van der Waals surface area contributed by atoms with Crippen LogP contribution < -0.4 is 5.56 Å². The lowest BCUT2D eigenvalue weighted by Gasteiger charge is -2.42. The summed E-state index contributed by atoms with van der Waals surface area (Å²) in [5, 5.41) is 6.04. The van der Waals surface area contributed by atoms with E-state index < -0.39 is 0 Å². The number of hydrogen-bond acceptors (Lipinski definition) is 4. The SMILES string of the molecule is CN(C)Cc1ccc2n(c1=O)C[C@H]1C[C@@H]2CN(Cc2nn(C)c3ccccc23)C1. The first-order valence-corrected chi connectivity index (χ1v) is 10.5. The van der Waals surface area contributed by atoms with E-state index in [0.717, 1.165) is 37.4 Å². The highest BCUT2D eigenvalue weighted by molar-refractivity contribution is 5.81. The van der Waals surface area contributed by atoms with E-state index in [0.29, 0.717) is 18.4 Å². The number of benzene rings is 1. The molecule has 6 nitrogen and oxygen atoms in total. The molecule has 0 saturated carbocycles. The molecule has 1 aromatic carbocycles. The van der Waals surface area contributed by atoms with Crippen LogP contribution in [0.1, 0.15) is 29.3 Å². The smallest absolute Gasteiger partial charge is 0.255 e. The number of fused-ring (bicyclic) bond motifs is 5. The van der Waals surface area contributed by atoms with Crippen molar-refractivity contribution in [2.45, 2.75) is 32.0 Å². The van der Waals surface area contributed by atoms with Gasteiger partial charge in [-0.2, -0.15) is 5.10 Å². The molecule has 152 valence electrons. The summed E-state index contributed by atoms with van der Waals surface area (Å²) < 4.78 is 4.04. The van der Waals surface area contributed by atoms with Crippen LogP contribution in [0.25, 0.3) is 10.9 Å². The quantitative estimate of drug-likeness (QED) is 0.685. The van der Waals surface area contributed by atoms with Crippen molar-refractivity contribution in [1.29, 1.82) is 0 Å². The molecule has 0 unspecified atom stereocenters. The second-order valence-corrected chi connectivity index (χ2v) is 9.02. The Morgan fingerprint density at radius 2 is 1.93 bits per heavy atom. The third kappa shape index (κ3) is 3.30. The van der Waals surface area contributed by atoms with Gasteiger partial charge in [0.05, 0.1) is 11.2 Å². The molecule has 4 heterocycles. The van der Waals surface area contributed by atoms with E-state index >= 15 is 0 Å². The fourth-order valence-electron chi connectivity index (χ4n) is 5.30. The lowest BCUT2D eigenvalue weighted by molar-refractivity contribution is 0.113. The molecule has 2 aromatic heterocycles. The maximum atomic E-state index is 13.0. The first-order valence-electron chi connectivity index (χ1n) is 10.5. The number of aryl methyl sites for hydroxylation is 1. The summed E-state index contributed by atoms with van der Waals surface area (Å²) in [5.74, 6) is 0.960. The van der Waals surface area contributed by atoms with Gasteiger partial charge < -0.3 is 9.47 Å². The van der Waals surface area contributed by atoms with Gasteiger partial charge in [0.1, 0.15) is 0 Å². The maximum absolute atomic E-state index is 13.0. The van der Waals surface area contributed by atoms with Crippen molar-refractivity contribution < 1.29 is 0 Å². The van der Waals surface area contributed by atoms with Crippen molar-refractivity contribution in [2.24, 2.45) is 13.0 Å². The van der Waals surface area contributed by atoms with Crippen LogP contribution in [0.5, 0.6) is 0 Å². The predicted molar refractivity (Wildman–Crippen MR) is 115 cm³/mol. The third-order valence-electron chi connectivity index (χ3n) is 6.45. The molecule has 0 spiro atoms. The van der Waals surface area contributed by atoms with E-state index in [9.17, 15) is 4.79 Å². The molecule has 0 N–H and O–H groups in total. The Labute approximate surface area is 171 Å². The minimum absolute atomic E-state index is 0.204. The largest absolute Gasteiger partial charge is 0.312 e. The van der Waals surface area contributed by atoms with E-state index in [4.69, 9.17) is 5.10 Å². The highest BCUT2D eigenvalue weighted by Gasteiger charge is 2.35. The molecule has 0 amide bonds. The van der Waals surface area contributed by atoms with Gasteiger partial charge in [-0.3, -0.25) is 14.4 Å². The zero-order valence-corrected chi connectivity index (χ0v) is 17.5. The molecule has 5 rings (SSSR count). The zero-order valence-electron chi connectivity index (χ0n) is 17.5. The molecule has 0 radical (unpaired) electrons. The van der Waals surface area contributed by atoms with Crippen LogP contribution >= 0.6 is 0 Å². The number of aromatic nitrogens is 3. The van der Waals surface area contributed by atoms with Crippen LogP contribution in [0.3, 0.4) is 0 Å². The summed E-state index contributed by atoms with van der Waals surface area (Å²) in [4.78, 5) is 17.6. The first-order chi connectivity index (χ1) is 14.0. The van der Waals surface area contributed by atoms with Crippen LogP contribution in [-0.4, -0.2) is 51.3 Å². The van der Waals surface area contributed by atoms with Gasteiger partial charge in [-0.25, -0.2) is 0 Å². The molecule has 29 heavy (non-hydrogen) atoms. The summed E-state index contributed by atoms with van der Waals surface area (Å²) >= 11 is 0. The Bertz CT molecular complexity index is 1110. The molecule has 2 aliphatic rings. The summed E-state index contributed by atoms with van der Waals surface area (Å²) in [6.45, 7) is 4.44. The highest BCUT2D eigenvalue weighted by Crippen LogP contribution is 2.36. The summed E-state index contributed by atoms with van der Waals surface area (Å²) in [6.07, 6.45) is 1.19. The normalized spacial score (nSPS) is 21.7. The van der Waals surface area contributed by atoms with Gasteiger partial charge in [0.25, 0.3) is 5.56 Å². The molecule has 1 saturated heterocycles. The van der Waals surface area contributed by atoms with Crippen LogP contribution in [-0.2, 0) is 26.7 Å². The maximum Gasteiger partial charge on any atom is 0.255 e. The molecule has 2 aliphatic heterocycles. The number of piperidine rings is 1. The fourth-order valence-corrected chi connectivity index (χ4v) is 5.30. The van der Waals surface area contributed by atoms with Gasteiger partial charge in [-0.1, -0.05) is 24.3 Å². The average molecular weight is 392 g/mol. The molecule has 1 fully saturated rings. The molecule has 0 aliphatic carbocycles. The Kier molecular flexibility index (Phi) is 4.56. The van der Waals surface area contributed by atoms with E-state index in [1.807, 2.05) is 31.9 Å². The van der Waals surface area contributed by atoms with Crippen LogP contribution in [0.15, 0.2) is 41.2 Å². The number of nitrogens with zero attached hydrogens (tertiary/aromatic N) is 5. The number of hydrogen-bond donors (Lipinski definition) is 0. The van der Waals surface area contributed by atoms with Gasteiger partial charge >= 0.3 is 0 Å². The van der Waals surface area contributed by atoms with E-state index in [2.05, 4.69) is 44.7 Å². The summed E-state index contributed by atoms with van der Waals surface area (Å²) in [7, 11) is 6.04. The summed E-state index contributed by atoms with van der Waals surface area (Å²) in [6, 6.07) is 12.7. The second-order valence-electron chi connectivity index (χ2n) is 9.02. The van der Waals surface area contributed by atoms with Crippen molar-refractivity contribution in [3.05, 3.63) is 63.7 Å². The van der Waals surface area contributed by atoms with Crippen LogP contribution in [0, 0.1) is 5.92 Å². The predicted octanol–water partition coefficient (Wildman–Crippen LogP) is 2.42. The molecule has 2 bridgehead atoms. The average Bonchev–Trinajstić information content (AvgIpc) is 3.00. The monoisotopic (exact) mass is 391 g/mol.